The molecule has 1 N–H and O–H groups in total. The first-order valence-electron chi connectivity index (χ1n) is 8.34. The number of nitrogens with one attached hydrogen (secondary N) is 1. The van der Waals surface area contributed by atoms with E-state index >= 15 is 0 Å². The van der Waals surface area contributed by atoms with E-state index in [2.05, 4.69) is 10.4 Å². The molecule has 2 aromatic rings. The monoisotopic (exact) mass is 426 g/mol. The van der Waals surface area contributed by atoms with Crippen LogP contribution in [0.3, 0.4) is 0 Å². The van der Waals surface area contributed by atoms with Crippen molar-refractivity contribution in [1.82, 2.24) is 20.0 Å². The molecule has 0 radical (unpaired) electrons. The number of nitrogens with zero attached hydrogens (tertiary/aromatic N) is 3. The smallest absolute Gasteiger partial charge is 0.352 e. The molecule has 5 nitrogen and oxygen atoms in total. The lowest BCUT2D eigenvalue weighted by Gasteiger charge is -2.18. The van der Waals surface area contributed by atoms with Crippen LogP contribution in [0.1, 0.15) is 22.5 Å². The minimum absolute atomic E-state index is 0.0274. The zero-order valence-corrected chi connectivity index (χ0v) is 15.1. The van der Waals surface area contributed by atoms with Crippen molar-refractivity contribution in [3.8, 4) is 5.69 Å². The lowest BCUT2D eigenvalue weighted by Crippen LogP contribution is -2.34. The number of rotatable bonds is 7. The summed E-state index contributed by atoms with van der Waals surface area (Å²) in [5.74, 6) is -2.07. The van der Waals surface area contributed by atoms with E-state index in [0.717, 1.165) is 17.0 Å². The van der Waals surface area contributed by atoms with Gasteiger partial charge in [-0.25, -0.2) is 9.07 Å². The second kappa shape index (κ2) is 8.80. The first kappa shape index (κ1) is 22.7. The molecule has 0 aliphatic carbocycles. The molecule has 0 saturated carbocycles. The molecule has 0 saturated heterocycles. The van der Waals surface area contributed by atoms with Crippen LogP contribution in [0, 0.1) is 5.82 Å². The van der Waals surface area contributed by atoms with Gasteiger partial charge in [0.15, 0.2) is 5.69 Å². The third kappa shape index (κ3) is 6.17. The second-order valence-electron chi connectivity index (χ2n) is 6.23. The summed E-state index contributed by atoms with van der Waals surface area (Å²) in [6, 6.07) is 4.64. The maximum Gasteiger partial charge on any atom is 0.434 e. The molecule has 0 spiro atoms. The van der Waals surface area contributed by atoms with E-state index in [1.807, 2.05) is 0 Å². The maximum atomic E-state index is 13.9. The topological polar surface area (TPSA) is 50.2 Å². The van der Waals surface area contributed by atoms with E-state index in [0.29, 0.717) is 10.9 Å². The van der Waals surface area contributed by atoms with Gasteiger partial charge in [-0.2, -0.15) is 31.4 Å². The standard InChI is InChI=1S/C17H17F7N4O/c1-27(10-16(19,20)21)8-4-7-25-15(29)11-9-26-28(14(11)17(22,23)24)13-6-3-2-5-12(13)18/h2-3,5-6,9H,4,7-8,10H2,1H3,(H,25,29). The summed E-state index contributed by atoms with van der Waals surface area (Å²) in [6.07, 6.45) is -8.62. The van der Waals surface area contributed by atoms with Crippen molar-refractivity contribution in [2.75, 3.05) is 26.7 Å². The van der Waals surface area contributed by atoms with Crippen molar-refractivity contribution in [3.05, 3.63) is 47.5 Å². The van der Waals surface area contributed by atoms with Crippen molar-refractivity contribution in [2.45, 2.75) is 18.8 Å². The van der Waals surface area contributed by atoms with Crippen LogP contribution in [0.15, 0.2) is 30.5 Å². The van der Waals surface area contributed by atoms with E-state index in [1.165, 1.54) is 19.2 Å². The number of amides is 1. The first-order chi connectivity index (χ1) is 13.4. The third-order valence-corrected chi connectivity index (χ3v) is 3.81. The lowest BCUT2D eigenvalue weighted by molar-refractivity contribution is -0.143. The molecule has 1 aromatic carbocycles. The number of carbonyl (C=O) groups is 1. The predicted octanol–water partition coefficient (Wildman–Crippen LogP) is 3.64. The van der Waals surface area contributed by atoms with Gasteiger partial charge in [0.2, 0.25) is 0 Å². The summed E-state index contributed by atoms with van der Waals surface area (Å²) in [5, 5.41) is 5.71. The Morgan fingerprint density at radius 1 is 1.17 bits per heavy atom. The Balaban J connectivity index is 2.10. The number of aromatic nitrogens is 2. The van der Waals surface area contributed by atoms with Crippen LogP contribution in [0.2, 0.25) is 0 Å². The second-order valence-corrected chi connectivity index (χ2v) is 6.23. The zero-order chi connectivity index (χ0) is 21.8. The Bertz CT molecular complexity index is 845. The Hall–Kier alpha value is -2.63. The summed E-state index contributed by atoms with van der Waals surface area (Å²) in [6.45, 7) is -1.32. The van der Waals surface area contributed by atoms with Gasteiger partial charge in [0, 0.05) is 6.54 Å². The van der Waals surface area contributed by atoms with Crippen LogP contribution in [-0.2, 0) is 6.18 Å². The Labute approximate surface area is 161 Å². The molecule has 0 aliphatic heterocycles. The highest BCUT2D eigenvalue weighted by molar-refractivity contribution is 5.95. The Morgan fingerprint density at radius 3 is 2.41 bits per heavy atom. The van der Waals surface area contributed by atoms with Gasteiger partial charge in [-0.3, -0.25) is 9.69 Å². The van der Waals surface area contributed by atoms with Gasteiger partial charge in [0.1, 0.15) is 11.5 Å². The average molecular weight is 426 g/mol. The van der Waals surface area contributed by atoms with Gasteiger partial charge in [-0.15, -0.1) is 0 Å². The quantitative estimate of drug-likeness (QED) is 0.543. The first-order valence-corrected chi connectivity index (χ1v) is 8.34. The van der Waals surface area contributed by atoms with Crippen molar-refractivity contribution in [3.63, 3.8) is 0 Å². The molecule has 29 heavy (non-hydrogen) atoms. The molecular formula is C17H17F7N4O. The minimum Gasteiger partial charge on any atom is -0.352 e. The van der Waals surface area contributed by atoms with Gasteiger partial charge in [0.05, 0.1) is 18.3 Å². The largest absolute Gasteiger partial charge is 0.434 e. The van der Waals surface area contributed by atoms with Gasteiger partial charge in [-0.1, -0.05) is 12.1 Å². The van der Waals surface area contributed by atoms with Crippen LogP contribution in [0.25, 0.3) is 5.69 Å². The highest BCUT2D eigenvalue weighted by Gasteiger charge is 2.41. The summed E-state index contributed by atoms with van der Waals surface area (Å²) >= 11 is 0. The third-order valence-electron chi connectivity index (χ3n) is 3.81. The van der Waals surface area contributed by atoms with Gasteiger partial charge in [0.25, 0.3) is 5.91 Å². The molecule has 1 heterocycles. The number of alkyl halides is 6. The predicted molar refractivity (Wildman–Crippen MR) is 89.0 cm³/mol. The fraction of sp³-hybridized carbons (Fsp3) is 0.412. The Morgan fingerprint density at radius 2 is 1.83 bits per heavy atom. The van der Waals surface area contributed by atoms with Crippen LogP contribution >= 0.6 is 0 Å². The molecule has 2 rings (SSSR count). The molecule has 0 fully saturated rings. The van der Waals surface area contributed by atoms with Crippen molar-refractivity contribution < 1.29 is 35.5 Å². The minimum atomic E-state index is -5.00. The molecular weight excluding hydrogens is 409 g/mol. The van der Waals surface area contributed by atoms with Crippen molar-refractivity contribution >= 4 is 5.91 Å². The summed E-state index contributed by atoms with van der Waals surface area (Å²) < 4.78 is 91.4. The van der Waals surface area contributed by atoms with Gasteiger partial charge >= 0.3 is 12.4 Å². The lowest BCUT2D eigenvalue weighted by atomic mass is 10.2. The fourth-order valence-electron chi connectivity index (χ4n) is 2.62. The van der Waals surface area contributed by atoms with Crippen molar-refractivity contribution in [2.24, 2.45) is 0 Å². The highest BCUT2D eigenvalue weighted by atomic mass is 19.4. The zero-order valence-electron chi connectivity index (χ0n) is 15.1. The van der Waals surface area contributed by atoms with Crippen LogP contribution in [0.5, 0.6) is 0 Å². The Kier molecular flexibility index (Phi) is 6.88. The van der Waals surface area contributed by atoms with E-state index in [4.69, 9.17) is 0 Å². The number of benzene rings is 1. The van der Waals surface area contributed by atoms with Crippen molar-refractivity contribution in [1.29, 1.82) is 0 Å². The highest BCUT2D eigenvalue weighted by Crippen LogP contribution is 2.34. The molecule has 0 unspecified atom stereocenters. The summed E-state index contributed by atoms with van der Waals surface area (Å²) in [7, 11) is 1.23. The van der Waals surface area contributed by atoms with E-state index < -0.39 is 47.6 Å². The molecule has 160 valence electrons. The van der Waals surface area contributed by atoms with Crippen LogP contribution in [0.4, 0.5) is 30.7 Å². The number of carbonyl (C=O) groups excluding carboxylic acids is 1. The van der Waals surface area contributed by atoms with E-state index in [9.17, 15) is 35.5 Å². The van der Waals surface area contributed by atoms with E-state index in [-0.39, 0.29) is 19.5 Å². The van der Waals surface area contributed by atoms with Crippen LogP contribution < -0.4 is 5.32 Å². The van der Waals surface area contributed by atoms with Crippen LogP contribution in [-0.4, -0.2) is 53.4 Å². The average Bonchev–Trinajstić information content (AvgIpc) is 3.02. The molecule has 12 heteroatoms. The number of halogens is 7. The fourth-order valence-corrected chi connectivity index (χ4v) is 2.62. The van der Waals surface area contributed by atoms with Gasteiger partial charge in [-0.05, 0) is 32.1 Å². The molecule has 1 aromatic heterocycles. The van der Waals surface area contributed by atoms with E-state index in [1.54, 1.807) is 0 Å². The van der Waals surface area contributed by atoms with Gasteiger partial charge < -0.3 is 5.32 Å². The molecule has 1 amide bonds. The SMILES string of the molecule is CN(CCCNC(=O)c1cnn(-c2ccccc2F)c1C(F)(F)F)CC(F)(F)F. The maximum absolute atomic E-state index is 13.9. The molecule has 0 atom stereocenters. The number of hydrogen-bond donors (Lipinski definition) is 1. The summed E-state index contributed by atoms with van der Waals surface area (Å²) in [4.78, 5) is 13.1. The molecule has 0 aliphatic rings. The number of hydrogen-bond acceptors (Lipinski definition) is 3. The molecule has 0 bridgehead atoms. The normalized spacial score (nSPS) is 12.4. The summed E-state index contributed by atoms with van der Waals surface area (Å²) in [5.41, 5.74) is -2.74. The number of para-hydroxylation sites is 1.